The Balaban J connectivity index is 1.27. The molecule has 0 aromatic carbocycles. The standard InChI is InChI=1S/C27H48O/c1-3-5-6-8-23-9-11-24(12-10-23)21-28-27-19-17-26(18-20-27)25-15-13-22(7-4-2)14-16-25/h13,15,22-27H,3-12,14,16-21H2,1-2H3. The molecule has 0 aromatic rings. The fourth-order valence-electron chi connectivity index (χ4n) is 6.23. The maximum absolute atomic E-state index is 6.42. The summed E-state index contributed by atoms with van der Waals surface area (Å²) in [6.07, 6.45) is 28.3. The quantitative estimate of drug-likeness (QED) is 0.270. The van der Waals surface area contributed by atoms with Crippen LogP contribution in [0.4, 0.5) is 0 Å². The van der Waals surface area contributed by atoms with Crippen molar-refractivity contribution in [2.24, 2.45) is 29.6 Å². The van der Waals surface area contributed by atoms with Gasteiger partial charge in [0.25, 0.3) is 0 Å². The van der Waals surface area contributed by atoms with Crippen molar-refractivity contribution in [1.82, 2.24) is 0 Å². The highest BCUT2D eigenvalue weighted by molar-refractivity contribution is 5.00. The number of ether oxygens (including phenoxy) is 1. The maximum atomic E-state index is 6.42. The van der Waals surface area contributed by atoms with Gasteiger partial charge < -0.3 is 4.74 Å². The molecule has 0 N–H and O–H groups in total. The minimum atomic E-state index is 0.568. The van der Waals surface area contributed by atoms with E-state index in [1.54, 1.807) is 0 Å². The molecule has 0 heterocycles. The molecule has 2 atom stereocenters. The first-order valence-corrected chi connectivity index (χ1v) is 13.1. The van der Waals surface area contributed by atoms with Crippen molar-refractivity contribution in [3.63, 3.8) is 0 Å². The van der Waals surface area contributed by atoms with E-state index in [1.165, 1.54) is 103 Å². The molecule has 0 spiro atoms. The summed E-state index contributed by atoms with van der Waals surface area (Å²) in [4.78, 5) is 0. The van der Waals surface area contributed by atoms with Gasteiger partial charge in [-0.05, 0) is 87.4 Å². The van der Waals surface area contributed by atoms with Crippen LogP contribution >= 0.6 is 0 Å². The third-order valence-corrected chi connectivity index (χ3v) is 8.23. The molecule has 0 amide bonds. The van der Waals surface area contributed by atoms with Gasteiger partial charge in [-0.25, -0.2) is 0 Å². The van der Waals surface area contributed by atoms with Crippen molar-refractivity contribution in [1.29, 1.82) is 0 Å². The largest absolute Gasteiger partial charge is 0.378 e. The fraction of sp³-hybridized carbons (Fsp3) is 0.926. The molecule has 0 aromatic heterocycles. The Morgan fingerprint density at radius 1 is 0.679 bits per heavy atom. The first-order valence-electron chi connectivity index (χ1n) is 13.1. The van der Waals surface area contributed by atoms with E-state index in [4.69, 9.17) is 4.74 Å². The predicted molar refractivity (Wildman–Crippen MR) is 122 cm³/mol. The molecule has 2 unspecified atom stereocenters. The van der Waals surface area contributed by atoms with E-state index in [2.05, 4.69) is 26.0 Å². The Morgan fingerprint density at radius 3 is 2.07 bits per heavy atom. The molecule has 2 saturated carbocycles. The summed E-state index contributed by atoms with van der Waals surface area (Å²) in [6.45, 7) is 5.69. The lowest BCUT2D eigenvalue weighted by atomic mass is 9.73. The van der Waals surface area contributed by atoms with Gasteiger partial charge in [0.05, 0.1) is 6.10 Å². The van der Waals surface area contributed by atoms with Gasteiger partial charge in [-0.1, -0.05) is 70.9 Å². The van der Waals surface area contributed by atoms with Crippen LogP contribution in [0.15, 0.2) is 12.2 Å². The molecule has 0 aliphatic heterocycles. The van der Waals surface area contributed by atoms with Crippen LogP contribution in [0.2, 0.25) is 0 Å². The van der Waals surface area contributed by atoms with Crippen molar-refractivity contribution in [2.45, 2.75) is 123 Å². The average Bonchev–Trinajstić information content (AvgIpc) is 2.75. The van der Waals surface area contributed by atoms with Gasteiger partial charge in [0.1, 0.15) is 0 Å². The Hall–Kier alpha value is -0.300. The molecule has 0 bridgehead atoms. The van der Waals surface area contributed by atoms with Crippen LogP contribution in [-0.4, -0.2) is 12.7 Å². The maximum Gasteiger partial charge on any atom is 0.0575 e. The SMILES string of the molecule is CCCCCC1CCC(COC2CCC(C3C=CC(CCC)CC3)CC2)CC1. The van der Waals surface area contributed by atoms with Crippen LogP contribution in [0.25, 0.3) is 0 Å². The fourth-order valence-corrected chi connectivity index (χ4v) is 6.23. The summed E-state index contributed by atoms with van der Waals surface area (Å²) in [5.74, 6) is 4.58. The summed E-state index contributed by atoms with van der Waals surface area (Å²) in [7, 11) is 0. The minimum absolute atomic E-state index is 0.568. The Morgan fingerprint density at radius 2 is 1.43 bits per heavy atom. The van der Waals surface area contributed by atoms with Gasteiger partial charge in [0, 0.05) is 6.61 Å². The topological polar surface area (TPSA) is 9.23 Å². The molecule has 3 rings (SSSR count). The van der Waals surface area contributed by atoms with Gasteiger partial charge in [0.2, 0.25) is 0 Å². The van der Waals surface area contributed by atoms with Crippen molar-refractivity contribution >= 4 is 0 Å². The number of hydrogen-bond acceptors (Lipinski definition) is 1. The molecule has 1 nitrogen and oxygen atoms in total. The van der Waals surface area contributed by atoms with Gasteiger partial charge in [-0.3, -0.25) is 0 Å². The van der Waals surface area contributed by atoms with Gasteiger partial charge >= 0.3 is 0 Å². The molecule has 0 saturated heterocycles. The zero-order valence-corrected chi connectivity index (χ0v) is 19.0. The number of hydrogen-bond donors (Lipinski definition) is 0. The highest BCUT2D eigenvalue weighted by Gasteiger charge is 2.29. The Bertz CT molecular complexity index is 426. The first-order chi connectivity index (χ1) is 13.8. The van der Waals surface area contributed by atoms with E-state index in [-0.39, 0.29) is 0 Å². The third-order valence-electron chi connectivity index (χ3n) is 8.23. The van der Waals surface area contributed by atoms with Gasteiger partial charge in [0.15, 0.2) is 0 Å². The van der Waals surface area contributed by atoms with Crippen LogP contribution in [0.5, 0.6) is 0 Å². The second-order valence-electron chi connectivity index (χ2n) is 10.4. The monoisotopic (exact) mass is 388 g/mol. The predicted octanol–water partition coefficient (Wildman–Crippen LogP) is 8.33. The smallest absolute Gasteiger partial charge is 0.0575 e. The highest BCUT2D eigenvalue weighted by atomic mass is 16.5. The third kappa shape index (κ3) is 7.19. The minimum Gasteiger partial charge on any atom is -0.378 e. The van der Waals surface area contributed by atoms with Crippen molar-refractivity contribution < 1.29 is 4.74 Å². The number of unbranched alkanes of at least 4 members (excludes halogenated alkanes) is 2. The molecule has 0 radical (unpaired) electrons. The molecule has 3 aliphatic rings. The molecule has 3 aliphatic carbocycles. The summed E-state index contributed by atoms with van der Waals surface area (Å²) < 4.78 is 6.42. The van der Waals surface area contributed by atoms with Crippen LogP contribution in [0.1, 0.15) is 117 Å². The zero-order chi connectivity index (χ0) is 19.6. The highest BCUT2D eigenvalue weighted by Crippen LogP contribution is 2.39. The van der Waals surface area contributed by atoms with E-state index in [9.17, 15) is 0 Å². The molecule has 162 valence electrons. The molecular formula is C27H48O. The molecule has 1 heteroatoms. The van der Waals surface area contributed by atoms with E-state index >= 15 is 0 Å². The lowest BCUT2D eigenvalue weighted by Crippen LogP contribution is -2.29. The van der Waals surface area contributed by atoms with Crippen LogP contribution in [0, 0.1) is 29.6 Å². The van der Waals surface area contributed by atoms with Crippen molar-refractivity contribution in [3.8, 4) is 0 Å². The Kier molecular flexibility index (Phi) is 9.92. The second-order valence-corrected chi connectivity index (χ2v) is 10.4. The van der Waals surface area contributed by atoms with Crippen LogP contribution < -0.4 is 0 Å². The summed E-state index contributed by atoms with van der Waals surface area (Å²) in [6, 6.07) is 0. The van der Waals surface area contributed by atoms with Crippen LogP contribution in [-0.2, 0) is 4.74 Å². The Labute approximate surface area is 176 Å². The zero-order valence-electron chi connectivity index (χ0n) is 19.0. The summed E-state index contributed by atoms with van der Waals surface area (Å²) in [5.41, 5.74) is 0. The second kappa shape index (κ2) is 12.4. The average molecular weight is 389 g/mol. The van der Waals surface area contributed by atoms with Gasteiger partial charge in [-0.2, -0.15) is 0 Å². The van der Waals surface area contributed by atoms with Gasteiger partial charge in [-0.15, -0.1) is 0 Å². The first kappa shape index (κ1) is 22.4. The van der Waals surface area contributed by atoms with E-state index in [0.29, 0.717) is 6.10 Å². The number of allylic oxidation sites excluding steroid dienone is 2. The van der Waals surface area contributed by atoms with Crippen LogP contribution in [0.3, 0.4) is 0 Å². The van der Waals surface area contributed by atoms with Crippen molar-refractivity contribution in [3.05, 3.63) is 12.2 Å². The number of rotatable bonds is 10. The van der Waals surface area contributed by atoms with E-state index in [1.807, 2.05) is 0 Å². The summed E-state index contributed by atoms with van der Waals surface area (Å²) >= 11 is 0. The van der Waals surface area contributed by atoms with E-state index in [0.717, 1.165) is 36.2 Å². The van der Waals surface area contributed by atoms with E-state index < -0.39 is 0 Å². The molecular weight excluding hydrogens is 340 g/mol. The molecule has 2 fully saturated rings. The van der Waals surface area contributed by atoms with Crippen molar-refractivity contribution in [2.75, 3.05) is 6.61 Å². The normalized spacial score (nSPS) is 36.5. The molecule has 28 heavy (non-hydrogen) atoms. The lowest BCUT2D eigenvalue weighted by Gasteiger charge is -2.36. The summed E-state index contributed by atoms with van der Waals surface area (Å²) in [5, 5.41) is 0. The lowest BCUT2D eigenvalue weighted by molar-refractivity contribution is -0.0134.